The molecule has 2 aliphatic heterocycles. The summed E-state index contributed by atoms with van der Waals surface area (Å²) in [5.41, 5.74) is -0.321. The first kappa shape index (κ1) is 19.5. The molecular formula is C20H26N6O3. The van der Waals surface area contributed by atoms with Gasteiger partial charge >= 0.3 is 0 Å². The highest BCUT2D eigenvalue weighted by Crippen LogP contribution is 2.40. The number of likely N-dealkylation sites (N-methyl/N-ethyl adjacent to an activating group) is 1. The van der Waals surface area contributed by atoms with Crippen molar-refractivity contribution in [3.63, 3.8) is 0 Å². The normalized spacial score (nSPS) is 20.3. The summed E-state index contributed by atoms with van der Waals surface area (Å²) in [5, 5.41) is 0. The zero-order valence-electron chi connectivity index (χ0n) is 16.8. The number of imidazole rings is 1. The van der Waals surface area contributed by atoms with Gasteiger partial charge in [0.2, 0.25) is 0 Å². The molecule has 1 spiro atoms. The lowest BCUT2D eigenvalue weighted by Gasteiger charge is -2.46. The van der Waals surface area contributed by atoms with Gasteiger partial charge in [-0.2, -0.15) is 0 Å². The van der Waals surface area contributed by atoms with Crippen LogP contribution in [0.5, 0.6) is 0 Å². The first-order valence-corrected chi connectivity index (χ1v) is 10.1. The van der Waals surface area contributed by atoms with Crippen LogP contribution in [0, 0.1) is 0 Å². The minimum absolute atomic E-state index is 0.00629. The Balaban J connectivity index is 1.53. The highest BCUT2D eigenvalue weighted by atomic mass is 16.5. The van der Waals surface area contributed by atoms with Crippen molar-refractivity contribution >= 4 is 11.8 Å². The van der Waals surface area contributed by atoms with Gasteiger partial charge < -0.3 is 19.1 Å². The minimum atomic E-state index is -0.658. The summed E-state index contributed by atoms with van der Waals surface area (Å²) in [6.45, 7) is 6.73. The molecule has 0 aliphatic carbocycles. The third-order valence-corrected chi connectivity index (χ3v) is 5.84. The molecule has 2 aromatic heterocycles. The second-order valence-electron chi connectivity index (χ2n) is 7.40. The molecule has 9 nitrogen and oxygen atoms in total. The number of amides is 2. The van der Waals surface area contributed by atoms with Gasteiger partial charge in [0.15, 0.2) is 6.10 Å². The van der Waals surface area contributed by atoms with Crippen molar-refractivity contribution < 1.29 is 14.3 Å². The Bertz CT molecular complexity index is 871. The van der Waals surface area contributed by atoms with E-state index in [4.69, 9.17) is 4.74 Å². The molecule has 2 aromatic rings. The second kappa shape index (κ2) is 7.90. The van der Waals surface area contributed by atoms with Crippen molar-refractivity contribution in [2.75, 3.05) is 26.2 Å². The Morgan fingerprint density at radius 3 is 2.59 bits per heavy atom. The van der Waals surface area contributed by atoms with Gasteiger partial charge in [0.25, 0.3) is 11.8 Å². The summed E-state index contributed by atoms with van der Waals surface area (Å²) >= 11 is 0. The Morgan fingerprint density at radius 2 is 1.93 bits per heavy atom. The van der Waals surface area contributed by atoms with Crippen LogP contribution >= 0.6 is 0 Å². The molecule has 4 rings (SSSR count). The molecule has 0 unspecified atom stereocenters. The standard InChI is InChI=1S/C20H26N6O3/c1-3-24(4-2)18(28)16-14-26-12-9-23-19(26)20(29-16)5-10-25(11-6-20)17(27)15-13-21-7-8-22-15/h7-9,12-13,16H,3-6,10-11,14H2,1-2H3/t16-/m1/s1. The van der Waals surface area contributed by atoms with Gasteiger partial charge in [0.1, 0.15) is 17.1 Å². The number of ether oxygens (including phenoxy) is 1. The van der Waals surface area contributed by atoms with Crippen LogP contribution in [0.4, 0.5) is 0 Å². The summed E-state index contributed by atoms with van der Waals surface area (Å²) in [6, 6.07) is 0. The Morgan fingerprint density at radius 1 is 1.17 bits per heavy atom. The van der Waals surface area contributed by atoms with Crippen LogP contribution in [0.3, 0.4) is 0 Å². The molecule has 1 saturated heterocycles. The largest absolute Gasteiger partial charge is 0.352 e. The first-order valence-electron chi connectivity index (χ1n) is 10.1. The number of fused-ring (bicyclic) bond motifs is 2. The second-order valence-corrected chi connectivity index (χ2v) is 7.40. The lowest BCUT2D eigenvalue weighted by Crippen LogP contribution is -2.55. The summed E-state index contributed by atoms with van der Waals surface area (Å²) in [6.07, 6.45) is 8.82. The molecule has 4 heterocycles. The monoisotopic (exact) mass is 398 g/mol. The topological polar surface area (TPSA) is 93.5 Å². The van der Waals surface area contributed by atoms with E-state index in [-0.39, 0.29) is 11.8 Å². The molecule has 1 fully saturated rings. The van der Waals surface area contributed by atoms with Crippen LogP contribution in [0.15, 0.2) is 31.0 Å². The van der Waals surface area contributed by atoms with E-state index in [1.807, 2.05) is 24.6 Å². The van der Waals surface area contributed by atoms with E-state index in [0.29, 0.717) is 51.3 Å². The molecule has 0 N–H and O–H groups in total. The van der Waals surface area contributed by atoms with Crippen LogP contribution < -0.4 is 0 Å². The van der Waals surface area contributed by atoms with Crippen molar-refractivity contribution in [3.05, 3.63) is 42.5 Å². The molecular weight excluding hydrogens is 372 g/mol. The lowest BCUT2D eigenvalue weighted by molar-refractivity contribution is -0.179. The molecule has 2 aliphatic rings. The zero-order valence-corrected chi connectivity index (χ0v) is 16.8. The third-order valence-electron chi connectivity index (χ3n) is 5.84. The summed E-state index contributed by atoms with van der Waals surface area (Å²) in [5.74, 6) is 0.711. The first-order chi connectivity index (χ1) is 14.1. The molecule has 0 aromatic carbocycles. The zero-order chi connectivity index (χ0) is 20.4. The molecule has 154 valence electrons. The number of nitrogens with zero attached hydrogens (tertiary/aromatic N) is 6. The predicted molar refractivity (Wildman–Crippen MR) is 104 cm³/mol. The average molecular weight is 398 g/mol. The van der Waals surface area contributed by atoms with Crippen molar-refractivity contribution in [1.29, 1.82) is 0 Å². The maximum absolute atomic E-state index is 13.0. The van der Waals surface area contributed by atoms with Gasteiger partial charge in [-0.25, -0.2) is 9.97 Å². The quantitative estimate of drug-likeness (QED) is 0.765. The highest BCUT2D eigenvalue weighted by Gasteiger charge is 2.48. The van der Waals surface area contributed by atoms with Crippen LogP contribution in [-0.2, 0) is 21.7 Å². The number of piperidine rings is 1. The molecule has 0 bridgehead atoms. The fourth-order valence-electron chi connectivity index (χ4n) is 4.25. The predicted octanol–water partition coefficient (Wildman–Crippen LogP) is 1.07. The van der Waals surface area contributed by atoms with E-state index in [0.717, 1.165) is 5.82 Å². The molecule has 1 atom stereocenters. The van der Waals surface area contributed by atoms with E-state index in [9.17, 15) is 9.59 Å². The number of hydrogen-bond acceptors (Lipinski definition) is 6. The average Bonchev–Trinajstić information content (AvgIpc) is 3.25. The maximum atomic E-state index is 13.0. The van der Waals surface area contributed by atoms with Crippen molar-refractivity contribution in [1.82, 2.24) is 29.3 Å². The van der Waals surface area contributed by atoms with Crippen LogP contribution in [0.25, 0.3) is 0 Å². The Hall–Kier alpha value is -2.81. The number of carbonyl (C=O) groups is 2. The summed E-state index contributed by atoms with van der Waals surface area (Å²) in [7, 11) is 0. The molecule has 9 heteroatoms. The molecule has 2 amide bonds. The van der Waals surface area contributed by atoms with Gasteiger partial charge in [-0.15, -0.1) is 0 Å². The van der Waals surface area contributed by atoms with Crippen LogP contribution in [-0.4, -0.2) is 73.4 Å². The molecule has 0 saturated carbocycles. The smallest absolute Gasteiger partial charge is 0.274 e. The van der Waals surface area contributed by atoms with E-state index >= 15 is 0 Å². The van der Waals surface area contributed by atoms with E-state index < -0.39 is 11.7 Å². The minimum Gasteiger partial charge on any atom is -0.352 e. The number of aromatic nitrogens is 4. The van der Waals surface area contributed by atoms with Gasteiger partial charge in [-0.05, 0) is 13.8 Å². The number of likely N-dealkylation sites (tertiary alicyclic amines) is 1. The van der Waals surface area contributed by atoms with E-state index in [1.54, 1.807) is 22.2 Å². The molecule has 29 heavy (non-hydrogen) atoms. The van der Waals surface area contributed by atoms with E-state index in [2.05, 4.69) is 15.0 Å². The third kappa shape index (κ3) is 3.50. The van der Waals surface area contributed by atoms with Crippen LogP contribution in [0.2, 0.25) is 0 Å². The number of rotatable bonds is 4. The van der Waals surface area contributed by atoms with E-state index in [1.165, 1.54) is 12.4 Å². The fourth-order valence-corrected chi connectivity index (χ4v) is 4.25. The van der Waals surface area contributed by atoms with Gasteiger partial charge in [-0.1, -0.05) is 0 Å². The SMILES string of the molecule is CCN(CC)C(=O)[C@H]1Cn2ccnc2C2(CCN(C(=O)c3cnccn3)CC2)O1. The Kier molecular flexibility index (Phi) is 5.31. The molecule has 0 radical (unpaired) electrons. The van der Waals surface area contributed by atoms with Crippen molar-refractivity contribution in [2.45, 2.75) is 44.9 Å². The van der Waals surface area contributed by atoms with Gasteiger partial charge in [0.05, 0.1) is 12.7 Å². The fraction of sp³-hybridized carbons (Fsp3) is 0.550. The van der Waals surface area contributed by atoms with Crippen molar-refractivity contribution in [2.24, 2.45) is 0 Å². The highest BCUT2D eigenvalue weighted by molar-refractivity contribution is 5.92. The lowest BCUT2D eigenvalue weighted by atomic mass is 9.88. The summed E-state index contributed by atoms with van der Waals surface area (Å²) in [4.78, 5) is 41.8. The van der Waals surface area contributed by atoms with Crippen LogP contribution in [0.1, 0.15) is 43.0 Å². The number of hydrogen-bond donors (Lipinski definition) is 0. The van der Waals surface area contributed by atoms with Crippen molar-refractivity contribution in [3.8, 4) is 0 Å². The maximum Gasteiger partial charge on any atom is 0.274 e. The Labute approximate surface area is 169 Å². The summed E-state index contributed by atoms with van der Waals surface area (Å²) < 4.78 is 8.46. The van der Waals surface area contributed by atoms with Gasteiger partial charge in [0, 0.05) is 63.8 Å². The number of carbonyl (C=O) groups excluding carboxylic acids is 2. The van der Waals surface area contributed by atoms with Gasteiger partial charge in [-0.3, -0.25) is 14.6 Å².